The molecular formula is C5H11O3S. The Balaban J connectivity index is 3.92. The number of thioether (sulfide) groups is 1. The molecule has 0 aromatic carbocycles. The fourth-order valence-corrected chi connectivity index (χ4v) is 0.865. The first-order chi connectivity index (χ1) is 4.06. The molecule has 4 heteroatoms. The molecule has 0 aromatic heterocycles. The third-order valence-electron chi connectivity index (χ3n) is 1.17. The molecule has 0 rings (SSSR count). The minimum absolute atomic E-state index is 0.288. The van der Waals surface area contributed by atoms with Gasteiger partial charge in [0, 0.05) is 0 Å². The first kappa shape index (κ1) is 9.23. The lowest BCUT2D eigenvalue weighted by Gasteiger charge is -2.23. The zero-order valence-corrected chi connectivity index (χ0v) is 6.27. The van der Waals surface area contributed by atoms with Crippen LogP contribution >= 0.6 is 11.8 Å². The Bertz CT molecular complexity index is 80.3. The summed E-state index contributed by atoms with van der Waals surface area (Å²) in [5.74, 6) is 0. The second kappa shape index (κ2) is 3.41. The Labute approximate surface area is 58.7 Å². The largest absolute Gasteiger partial charge is 0.374 e. The molecule has 0 saturated carbocycles. The van der Waals surface area contributed by atoms with E-state index in [1.165, 1.54) is 0 Å². The van der Waals surface area contributed by atoms with Crippen LogP contribution in [0.25, 0.3) is 0 Å². The maximum Gasteiger partial charge on any atom is 0.262 e. The molecule has 0 aliphatic rings. The van der Waals surface area contributed by atoms with Gasteiger partial charge in [0.05, 0.1) is 0 Å². The Kier molecular flexibility index (Phi) is 3.50. The highest BCUT2D eigenvalue weighted by molar-refractivity contribution is 7.99. The highest BCUT2D eigenvalue weighted by Gasteiger charge is 2.32. The van der Waals surface area contributed by atoms with Gasteiger partial charge < -0.3 is 15.3 Å². The van der Waals surface area contributed by atoms with Crippen LogP contribution in [0.1, 0.15) is 13.3 Å². The SMILES string of the molecule is CCC(O)(SC)[C](O)O. The molecule has 1 unspecified atom stereocenters. The van der Waals surface area contributed by atoms with Gasteiger partial charge in [-0.05, 0) is 12.7 Å². The molecule has 0 heterocycles. The van der Waals surface area contributed by atoms with Crippen molar-refractivity contribution in [3.63, 3.8) is 0 Å². The zero-order chi connectivity index (χ0) is 7.49. The molecular weight excluding hydrogens is 140 g/mol. The van der Waals surface area contributed by atoms with E-state index in [0.29, 0.717) is 0 Å². The van der Waals surface area contributed by atoms with E-state index < -0.39 is 11.2 Å². The van der Waals surface area contributed by atoms with Gasteiger partial charge in [0.15, 0.2) is 4.93 Å². The molecule has 3 nitrogen and oxygen atoms in total. The van der Waals surface area contributed by atoms with Gasteiger partial charge in [-0.1, -0.05) is 6.92 Å². The van der Waals surface area contributed by atoms with Gasteiger partial charge in [-0.3, -0.25) is 0 Å². The Morgan fingerprint density at radius 2 is 2.00 bits per heavy atom. The van der Waals surface area contributed by atoms with Crippen LogP contribution in [0.4, 0.5) is 0 Å². The van der Waals surface area contributed by atoms with E-state index in [0.717, 1.165) is 11.8 Å². The predicted molar refractivity (Wildman–Crippen MR) is 35.9 cm³/mol. The smallest absolute Gasteiger partial charge is 0.262 e. The van der Waals surface area contributed by atoms with Crippen molar-refractivity contribution in [3.8, 4) is 0 Å². The summed E-state index contributed by atoms with van der Waals surface area (Å²) in [7, 11) is 0. The summed E-state index contributed by atoms with van der Waals surface area (Å²) in [6.07, 6.45) is 0.976. The molecule has 0 amide bonds. The van der Waals surface area contributed by atoms with Gasteiger partial charge in [-0.15, -0.1) is 11.8 Å². The van der Waals surface area contributed by atoms with Crippen molar-refractivity contribution in [2.45, 2.75) is 18.3 Å². The highest BCUT2D eigenvalue weighted by atomic mass is 32.2. The molecule has 0 saturated heterocycles. The van der Waals surface area contributed by atoms with Gasteiger partial charge in [0.1, 0.15) is 0 Å². The quantitative estimate of drug-likeness (QED) is 0.519. The van der Waals surface area contributed by atoms with E-state index >= 15 is 0 Å². The van der Waals surface area contributed by atoms with Crippen LogP contribution in [0.3, 0.4) is 0 Å². The van der Waals surface area contributed by atoms with Crippen molar-refractivity contribution in [1.29, 1.82) is 0 Å². The number of hydrogen-bond acceptors (Lipinski definition) is 4. The van der Waals surface area contributed by atoms with Gasteiger partial charge in [0.25, 0.3) is 6.29 Å². The minimum atomic E-state index is -1.47. The van der Waals surface area contributed by atoms with Gasteiger partial charge in [-0.2, -0.15) is 0 Å². The lowest BCUT2D eigenvalue weighted by atomic mass is 10.2. The number of rotatable bonds is 3. The van der Waals surface area contributed by atoms with Crippen LogP contribution in [-0.4, -0.2) is 26.5 Å². The molecule has 55 valence electrons. The lowest BCUT2D eigenvalue weighted by molar-refractivity contribution is -0.0428. The van der Waals surface area contributed by atoms with Gasteiger partial charge >= 0.3 is 0 Å². The van der Waals surface area contributed by atoms with Crippen LogP contribution < -0.4 is 0 Å². The minimum Gasteiger partial charge on any atom is -0.374 e. The van der Waals surface area contributed by atoms with Crippen molar-refractivity contribution >= 4 is 11.8 Å². The monoisotopic (exact) mass is 151 g/mol. The van der Waals surface area contributed by atoms with Crippen LogP contribution in [-0.2, 0) is 0 Å². The third kappa shape index (κ3) is 2.14. The molecule has 0 aliphatic heterocycles. The maximum absolute atomic E-state index is 9.13. The average molecular weight is 151 g/mol. The first-order valence-corrected chi connectivity index (χ1v) is 3.82. The Morgan fingerprint density at radius 3 is 2.00 bits per heavy atom. The Hall–Kier alpha value is 0.230. The standard InChI is InChI=1S/C5H11O3S/c1-3-5(8,9-2)4(6)7/h6-8H,3H2,1-2H3. The zero-order valence-electron chi connectivity index (χ0n) is 5.46. The summed E-state index contributed by atoms with van der Waals surface area (Å²) in [6, 6.07) is 0. The second-order valence-electron chi connectivity index (χ2n) is 1.67. The molecule has 1 atom stereocenters. The van der Waals surface area contributed by atoms with E-state index in [4.69, 9.17) is 15.3 Å². The Morgan fingerprint density at radius 1 is 1.56 bits per heavy atom. The number of aliphatic hydroxyl groups is 3. The molecule has 0 spiro atoms. The number of hydrogen-bond donors (Lipinski definition) is 3. The van der Waals surface area contributed by atoms with Crippen LogP contribution in [0.15, 0.2) is 0 Å². The average Bonchev–Trinajstić information content (AvgIpc) is 1.86. The van der Waals surface area contributed by atoms with Crippen molar-refractivity contribution in [3.05, 3.63) is 6.29 Å². The summed E-state index contributed by atoms with van der Waals surface area (Å²) in [6.45, 7) is 1.67. The predicted octanol–water partition coefficient (Wildman–Crippen LogP) is 0.682. The fourth-order valence-electron chi connectivity index (χ4n) is 0.394. The van der Waals surface area contributed by atoms with Gasteiger partial charge in [-0.25, -0.2) is 0 Å². The maximum atomic E-state index is 9.13. The van der Waals surface area contributed by atoms with E-state index in [-0.39, 0.29) is 6.42 Å². The summed E-state index contributed by atoms with van der Waals surface area (Å²) >= 11 is 0.999. The summed E-state index contributed by atoms with van der Waals surface area (Å²) in [5, 5.41) is 26.1. The van der Waals surface area contributed by atoms with Crippen molar-refractivity contribution in [1.82, 2.24) is 0 Å². The van der Waals surface area contributed by atoms with Crippen molar-refractivity contribution < 1.29 is 15.3 Å². The van der Waals surface area contributed by atoms with Crippen molar-refractivity contribution in [2.24, 2.45) is 0 Å². The summed E-state index contributed by atoms with van der Waals surface area (Å²) in [4.78, 5) is -1.47. The normalized spacial score (nSPS) is 18.0. The lowest BCUT2D eigenvalue weighted by Crippen LogP contribution is -2.31. The van der Waals surface area contributed by atoms with Crippen LogP contribution in [0.5, 0.6) is 0 Å². The molecule has 3 N–H and O–H groups in total. The molecule has 0 fully saturated rings. The highest BCUT2D eigenvalue weighted by Crippen LogP contribution is 2.29. The van der Waals surface area contributed by atoms with E-state index in [9.17, 15) is 0 Å². The van der Waals surface area contributed by atoms with Gasteiger partial charge in [0.2, 0.25) is 0 Å². The van der Waals surface area contributed by atoms with Crippen LogP contribution in [0, 0.1) is 6.29 Å². The van der Waals surface area contributed by atoms with E-state index in [2.05, 4.69) is 0 Å². The topological polar surface area (TPSA) is 60.7 Å². The fraction of sp³-hybridized carbons (Fsp3) is 0.800. The van der Waals surface area contributed by atoms with Crippen molar-refractivity contribution in [2.75, 3.05) is 6.26 Å². The molecule has 0 bridgehead atoms. The van der Waals surface area contributed by atoms with E-state index in [1.54, 1.807) is 13.2 Å². The summed E-state index contributed by atoms with van der Waals surface area (Å²) in [5.41, 5.74) is 0. The van der Waals surface area contributed by atoms with Crippen LogP contribution in [0.2, 0.25) is 0 Å². The second-order valence-corrected chi connectivity index (χ2v) is 2.75. The number of aliphatic hydroxyl groups excluding tert-OH is 1. The first-order valence-electron chi connectivity index (χ1n) is 2.59. The molecule has 0 aliphatic carbocycles. The molecule has 1 radical (unpaired) electrons. The summed E-state index contributed by atoms with van der Waals surface area (Å²) < 4.78 is 0. The molecule has 0 aromatic rings. The third-order valence-corrected chi connectivity index (χ3v) is 2.31. The molecule has 9 heavy (non-hydrogen) atoms. The van der Waals surface area contributed by atoms with E-state index in [1.807, 2.05) is 0 Å².